The molecule has 38 heavy (non-hydrogen) atoms. The zero-order valence-electron chi connectivity index (χ0n) is 20.3. The molecular weight excluding hydrogens is 588 g/mol. The van der Waals surface area contributed by atoms with Crippen molar-refractivity contribution in [2.24, 2.45) is 5.16 Å². The smallest absolute Gasteiger partial charge is 0.481 e. The number of nitrogens with one attached hydrogen (secondary N) is 1. The van der Waals surface area contributed by atoms with Crippen molar-refractivity contribution in [2.45, 2.75) is 29.1 Å². The second kappa shape index (κ2) is 12.8. The van der Waals surface area contributed by atoms with E-state index in [0.717, 1.165) is 11.3 Å². The molecule has 2 aliphatic rings. The van der Waals surface area contributed by atoms with Crippen LogP contribution >= 0.6 is 46.2 Å². The number of nitrogens with two attached hydrogens (primary N) is 1. The number of carbonyl (C=O) groups is 4. The van der Waals surface area contributed by atoms with E-state index in [1.54, 1.807) is 6.92 Å². The van der Waals surface area contributed by atoms with Crippen molar-refractivity contribution in [1.82, 2.24) is 20.2 Å². The van der Waals surface area contributed by atoms with Crippen molar-refractivity contribution in [2.75, 3.05) is 24.3 Å². The number of carboxylic acids is 2. The third-order valence-corrected chi connectivity index (χ3v) is 9.65. The first-order chi connectivity index (χ1) is 17.6. The number of carboxylic acid groups (broad SMARTS) is 2. The summed E-state index contributed by atoms with van der Waals surface area (Å²) in [5, 5.41) is 26.3. The minimum Gasteiger partial charge on any atom is -0.481 e. The first-order valence-electron chi connectivity index (χ1n) is 10.4. The van der Waals surface area contributed by atoms with E-state index in [1.807, 2.05) is 0 Å². The number of amides is 2. The summed E-state index contributed by atoms with van der Waals surface area (Å²) in [4.78, 5) is 63.9. The topological polar surface area (TPSA) is 197 Å². The Bertz CT molecular complexity index is 1340. The van der Waals surface area contributed by atoms with Crippen LogP contribution in [0.4, 0.5) is 5.13 Å². The predicted molar refractivity (Wildman–Crippen MR) is 139 cm³/mol. The number of aryl methyl sites for hydroxylation is 1. The number of oxime groups is 1. The molecule has 5 N–H and O–H groups in total. The van der Waals surface area contributed by atoms with Crippen molar-refractivity contribution in [3.05, 3.63) is 32.9 Å². The van der Waals surface area contributed by atoms with Gasteiger partial charge in [0.2, 0.25) is 0 Å². The van der Waals surface area contributed by atoms with Crippen LogP contribution in [0.2, 0.25) is 0 Å². The fourth-order valence-corrected chi connectivity index (χ4v) is 7.87. The minimum atomic E-state index is -1.25. The number of fused-ring (bicyclic) bond motifs is 1. The van der Waals surface area contributed by atoms with E-state index < -0.39 is 35.2 Å². The van der Waals surface area contributed by atoms with Crippen molar-refractivity contribution in [1.29, 1.82) is 0 Å². The molecule has 2 amide bonds. The largest absolute Gasteiger partial charge is 1.00 e. The molecule has 0 aliphatic carbocycles. The van der Waals surface area contributed by atoms with Crippen molar-refractivity contribution >= 4 is 80.8 Å². The number of carbonyl (C=O) groups excluding carboxylic acids is 2. The van der Waals surface area contributed by atoms with Crippen LogP contribution in [0.1, 0.15) is 16.3 Å². The Balaban J connectivity index is 0.00000400. The van der Waals surface area contributed by atoms with Crippen LogP contribution < -0.4 is 40.6 Å². The Hall–Kier alpha value is -2.15. The summed E-state index contributed by atoms with van der Waals surface area (Å²) in [5.41, 5.74) is 6.70. The van der Waals surface area contributed by atoms with Crippen molar-refractivity contribution in [3.8, 4) is 0 Å². The fraction of sp³-hybridized carbons (Fsp3) is 0.350. The van der Waals surface area contributed by atoms with E-state index in [-0.39, 0.29) is 64.0 Å². The van der Waals surface area contributed by atoms with E-state index >= 15 is 0 Å². The molecule has 2 aliphatic heterocycles. The maximum absolute atomic E-state index is 13.0. The Morgan fingerprint density at radius 1 is 1.34 bits per heavy atom. The predicted octanol–water partition coefficient (Wildman–Crippen LogP) is -2.00. The van der Waals surface area contributed by atoms with Gasteiger partial charge in [0, 0.05) is 21.8 Å². The molecule has 1 saturated heterocycles. The van der Waals surface area contributed by atoms with Gasteiger partial charge in [-0.25, -0.2) is 14.8 Å². The number of anilines is 1. The molecule has 4 heterocycles. The molecule has 2 aromatic heterocycles. The molecular formula is C20H20N6NaO7S4+. The maximum atomic E-state index is 13.0. The zero-order valence-corrected chi connectivity index (χ0v) is 25.6. The third kappa shape index (κ3) is 6.35. The van der Waals surface area contributed by atoms with E-state index in [4.69, 9.17) is 15.7 Å². The van der Waals surface area contributed by atoms with Gasteiger partial charge in [-0.3, -0.25) is 19.3 Å². The van der Waals surface area contributed by atoms with Crippen LogP contribution in [0.3, 0.4) is 0 Å². The Labute approximate surface area is 254 Å². The van der Waals surface area contributed by atoms with Crippen LogP contribution in [-0.2, 0) is 30.4 Å². The van der Waals surface area contributed by atoms with E-state index in [0.29, 0.717) is 26.2 Å². The summed E-state index contributed by atoms with van der Waals surface area (Å²) in [5.74, 6) is -2.89. The molecule has 1 fully saturated rings. The Morgan fingerprint density at radius 2 is 2.08 bits per heavy atom. The molecule has 0 saturated carbocycles. The summed E-state index contributed by atoms with van der Waals surface area (Å²) >= 11 is 4.98. The molecule has 0 bridgehead atoms. The SMILES string of the molecule is CO/N=C(\C(=O)N[C@@H]1C(=O)N2C(C(=O)O)=C(CSc3nc(C)c(CC(=O)O)s3)CS[C@H]12)c1csc(N)n1.[Na+]. The number of aliphatic carboxylic acids is 2. The zero-order chi connectivity index (χ0) is 26.9. The van der Waals surface area contributed by atoms with Gasteiger partial charge >= 0.3 is 41.5 Å². The fourth-order valence-electron chi connectivity index (χ4n) is 3.61. The van der Waals surface area contributed by atoms with Gasteiger partial charge in [0.1, 0.15) is 29.9 Å². The molecule has 0 aromatic carbocycles. The van der Waals surface area contributed by atoms with E-state index in [1.165, 1.54) is 52.3 Å². The summed E-state index contributed by atoms with van der Waals surface area (Å²) in [6.07, 6.45) is -0.132. The van der Waals surface area contributed by atoms with Gasteiger partial charge in [-0.15, -0.1) is 34.4 Å². The molecule has 2 aromatic rings. The number of nitrogen functional groups attached to an aromatic ring is 1. The summed E-state index contributed by atoms with van der Waals surface area (Å²) in [6, 6.07) is -0.959. The molecule has 18 heteroatoms. The Morgan fingerprint density at radius 3 is 2.68 bits per heavy atom. The summed E-state index contributed by atoms with van der Waals surface area (Å²) < 4.78 is 0.617. The van der Waals surface area contributed by atoms with E-state index in [9.17, 15) is 24.3 Å². The average Bonchev–Trinajstić information content (AvgIpc) is 3.42. The Kier molecular flexibility index (Phi) is 10.2. The summed E-state index contributed by atoms with van der Waals surface area (Å²) in [6.45, 7) is 1.72. The molecule has 13 nitrogen and oxygen atoms in total. The monoisotopic (exact) mass is 607 g/mol. The number of aromatic nitrogens is 2. The maximum Gasteiger partial charge on any atom is 1.00 e. The number of hydrogen-bond donors (Lipinski definition) is 4. The van der Waals surface area contributed by atoms with Crippen LogP contribution in [-0.4, -0.2) is 84.6 Å². The van der Waals surface area contributed by atoms with Crippen molar-refractivity contribution < 1.29 is 63.8 Å². The number of β-lactam (4-membered cyclic amide) rings is 1. The second-order valence-corrected chi connectivity index (χ2v) is 12.0. The average molecular weight is 608 g/mol. The molecule has 0 radical (unpaired) electrons. The van der Waals surface area contributed by atoms with Gasteiger partial charge in [-0.05, 0) is 12.5 Å². The first kappa shape index (κ1) is 30.4. The van der Waals surface area contributed by atoms with Gasteiger partial charge in [0.05, 0.1) is 12.1 Å². The molecule has 2 atom stereocenters. The van der Waals surface area contributed by atoms with E-state index in [2.05, 4.69) is 20.4 Å². The number of hydrogen-bond acceptors (Lipinski definition) is 13. The van der Waals surface area contributed by atoms with Gasteiger partial charge in [-0.1, -0.05) is 16.9 Å². The molecule has 0 spiro atoms. The number of rotatable bonds is 10. The van der Waals surface area contributed by atoms with Crippen molar-refractivity contribution in [3.63, 3.8) is 0 Å². The van der Waals surface area contributed by atoms with Gasteiger partial charge in [0.15, 0.2) is 15.2 Å². The van der Waals surface area contributed by atoms with Crippen LogP contribution in [0, 0.1) is 6.92 Å². The first-order valence-corrected chi connectivity index (χ1v) is 14.2. The number of nitrogens with zero attached hydrogens (tertiary/aromatic N) is 4. The molecule has 196 valence electrons. The van der Waals surface area contributed by atoms with Crippen LogP contribution in [0.15, 0.2) is 26.1 Å². The van der Waals surface area contributed by atoms with Gasteiger partial charge in [0.25, 0.3) is 11.8 Å². The molecule has 0 unspecified atom stereocenters. The third-order valence-electron chi connectivity index (χ3n) is 5.25. The normalized spacial score (nSPS) is 18.8. The molecule has 4 rings (SSSR count). The quantitative estimate of drug-likeness (QED) is 0.0763. The van der Waals surface area contributed by atoms with Gasteiger partial charge in [-0.2, -0.15) is 0 Å². The summed E-state index contributed by atoms with van der Waals surface area (Å²) in [7, 11) is 1.26. The second-order valence-electron chi connectivity index (χ2n) is 7.66. The standard InChI is InChI=1S/C20H20N6O7S4.Na/c1-7-10(3-11(27)28)37-20(22-7)36-5-8-4-34-17-13(16(30)26(17)14(8)18(31)32)24-15(29)12(25-33-2)9-6-35-19(21)23-9;/h6,13,17H,3-5H2,1-2H3,(H2,21,23)(H,24,29)(H,27,28)(H,31,32);/q;+1/b25-12-;/t13-,17-;/m1./s1. The number of thiazole rings is 2. The van der Waals surface area contributed by atoms with Gasteiger partial charge < -0.3 is 26.1 Å². The van der Waals surface area contributed by atoms with Crippen LogP contribution in [0.5, 0.6) is 0 Å². The van der Waals surface area contributed by atoms with Crippen LogP contribution in [0.25, 0.3) is 0 Å². The minimum absolute atomic E-state index is 0. The number of thioether (sulfide) groups is 2.